The van der Waals surface area contributed by atoms with Crippen molar-refractivity contribution in [3.63, 3.8) is 0 Å². The lowest BCUT2D eigenvalue weighted by molar-refractivity contribution is 0.0830. The highest BCUT2D eigenvalue weighted by Gasteiger charge is 2.23. The molecular weight excluding hydrogens is 254 g/mol. The van der Waals surface area contributed by atoms with E-state index in [-0.39, 0.29) is 6.04 Å². The first-order chi connectivity index (χ1) is 9.83. The molecule has 5 nitrogen and oxygen atoms in total. The van der Waals surface area contributed by atoms with Crippen molar-refractivity contribution in [2.24, 2.45) is 5.73 Å². The van der Waals surface area contributed by atoms with Crippen LogP contribution in [0.4, 0.5) is 0 Å². The summed E-state index contributed by atoms with van der Waals surface area (Å²) in [7, 11) is 0. The van der Waals surface area contributed by atoms with E-state index >= 15 is 0 Å². The van der Waals surface area contributed by atoms with Gasteiger partial charge < -0.3 is 15.0 Å². The third-order valence-electron chi connectivity index (χ3n) is 3.66. The van der Waals surface area contributed by atoms with Gasteiger partial charge >= 0.3 is 0 Å². The lowest BCUT2D eigenvalue weighted by Crippen LogP contribution is -2.16. The Morgan fingerprint density at radius 1 is 1.20 bits per heavy atom. The first-order valence-corrected chi connectivity index (χ1v) is 7.03. The second-order valence-corrected chi connectivity index (χ2v) is 5.17. The Balaban J connectivity index is 1.66. The SMILES string of the molecule is NC(Cc1ccccc1)c1nc(C2CCOCC2)no1. The van der Waals surface area contributed by atoms with Crippen molar-refractivity contribution in [3.05, 3.63) is 47.6 Å². The van der Waals surface area contributed by atoms with Gasteiger partial charge in [-0.25, -0.2) is 0 Å². The van der Waals surface area contributed by atoms with Gasteiger partial charge in [-0.3, -0.25) is 0 Å². The molecule has 20 heavy (non-hydrogen) atoms. The van der Waals surface area contributed by atoms with Gasteiger partial charge in [0.15, 0.2) is 5.82 Å². The molecule has 2 aromatic rings. The number of hydrogen-bond acceptors (Lipinski definition) is 5. The number of nitrogens with zero attached hydrogens (tertiary/aromatic N) is 2. The molecule has 106 valence electrons. The van der Waals surface area contributed by atoms with Crippen molar-refractivity contribution in [1.82, 2.24) is 10.1 Å². The summed E-state index contributed by atoms with van der Waals surface area (Å²) < 4.78 is 10.7. The Hall–Kier alpha value is -1.72. The zero-order chi connectivity index (χ0) is 13.8. The predicted molar refractivity (Wildman–Crippen MR) is 74.2 cm³/mol. The molecule has 0 bridgehead atoms. The fourth-order valence-corrected chi connectivity index (χ4v) is 2.47. The average molecular weight is 273 g/mol. The Morgan fingerprint density at radius 2 is 1.95 bits per heavy atom. The summed E-state index contributed by atoms with van der Waals surface area (Å²) >= 11 is 0. The van der Waals surface area contributed by atoms with Crippen LogP contribution >= 0.6 is 0 Å². The van der Waals surface area contributed by atoms with Gasteiger partial charge in [-0.2, -0.15) is 4.98 Å². The summed E-state index contributed by atoms with van der Waals surface area (Å²) in [6.07, 6.45) is 2.61. The van der Waals surface area contributed by atoms with Crippen LogP contribution in [0.2, 0.25) is 0 Å². The number of hydrogen-bond donors (Lipinski definition) is 1. The first kappa shape index (κ1) is 13.3. The zero-order valence-corrected chi connectivity index (χ0v) is 11.4. The van der Waals surface area contributed by atoms with Gasteiger partial charge in [0, 0.05) is 19.1 Å². The number of benzene rings is 1. The van der Waals surface area contributed by atoms with Crippen molar-refractivity contribution in [3.8, 4) is 0 Å². The maximum atomic E-state index is 6.15. The fourth-order valence-electron chi connectivity index (χ4n) is 2.47. The Bertz CT molecular complexity index is 535. The minimum Gasteiger partial charge on any atom is -0.381 e. The van der Waals surface area contributed by atoms with E-state index in [1.165, 1.54) is 5.56 Å². The molecule has 1 fully saturated rings. The third-order valence-corrected chi connectivity index (χ3v) is 3.66. The molecule has 2 N–H and O–H groups in total. The van der Waals surface area contributed by atoms with Gasteiger partial charge in [-0.15, -0.1) is 0 Å². The second-order valence-electron chi connectivity index (χ2n) is 5.17. The fraction of sp³-hybridized carbons (Fsp3) is 0.467. The summed E-state index contributed by atoms with van der Waals surface area (Å²) in [5.41, 5.74) is 7.32. The van der Waals surface area contributed by atoms with Crippen molar-refractivity contribution >= 4 is 0 Å². The first-order valence-electron chi connectivity index (χ1n) is 7.03. The molecule has 3 rings (SSSR count). The van der Waals surface area contributed by atoms with Crippen LogP contribution in [0.1, 0.15) is 42.1 Å². The summed E-state index contributed by atoms with van der Waals surface area (Å²) in [4.78, 5) is 4.47. The van der Waals surface area contributed by atoms with Gasteiger partial charge in [-0.1, -0.05) is 35.5 Å². The highest BCUT2D eigenvalue weighted by atomic mass is 16.5. The van der Waals surface area contributed by atoms with Crippen LogP contribution in [0, 0.1) is 0 Å². The molecule has 0 radical (unpaired) electrons. The molecule has 0 amide bonds. The van der Waals surface area contributed by atoms with Crippen LogP contribution in [0.5, 0.6) is 0 Å². The molecule has 1 aliphatic heterocycles. The lowest BCUT2D eigenvalue weighted by Gasteiger charge is -2.18. The summed E-state index contributed by atoms with van der Waals surface area (Å²) in [6.45, 7) is 1.54. The van der Waals surface area contributed by atoms with Crippen LogP contribution in [0.15, 0.2) is 34.9 Å². The monoisotopic (exact) mass is 273 g/mol. The van der Waals surface area contributed by atoms with E-state index < -0.39 is 0 Å². The topological polar surface area (TPSA) is 74.2 Å². The highest BCUT2D eigenvalue weighted by molar-refractivity contribution is 5.16. The third kappa shape index (κ3) is 3.05. The van der Waals surface area contributed by atoms with Gasteiger partial charge in [0.2, 0.25) is 5.89 Å². The van der Waals surface area contributed by atoms with Gasteiger partial charge in [0.1, 0.15) is 0 Å². The summed E-state index contributed by atoms with van der Waals surface area (Å²) in [5.74, 6) is 1.63. The lowest BCUT2D eigenvalue weighted by atomic mass is 10.00. The minimum absolute atomic E-state index is 0.251. The minimum atomic E-state index is -0.251. The van der Waals surface area contributed by atoms with E-state index in [4.69, 9.17) is 15.0 Å². The molecule has 0 spiro atoms. The van der Waals surface area contributed by atoms with Crippen LogP contribution < -0.4 is 5.73 Å². The molecule has 1 aromatic carbocycles. The largest absolute Gasteiger partial charge is 0.381 e. The van der Waals surface area contributed by atoms with E-state index in [0.717, 1.165) is 31.9 Å². The van der Waals surface area contributed by atoms with E-state index in [0.29, 0.717) is 18.2 Å². The quantitative estimate of drug-likeness (QED) is 0.924. The molecule has 0 saturated carbocycles. The van der Waals surface area contributed by atoms with Crippen LogP contribution in [0.25, 0.3) is 0 Å². The Kier molecular flexibility index (Phi) is 4.08. The average Bonchev–Trinajstić information content (AvgIpc) is 2.99. The van der Waals surface area contributed by atoms with Gasteiger partial charge in [0.05, 0.1) is 6.04 Å². The van der Waals surface area contributed by atoms with E-state index in [9.17, 15) is 0 Å². The Morgan fingerprint density at radius 3 is 2.70 bits per heavy atom. The van der Waals surface area contributed by atoms with E-state index in [1.54, 1.807) is 0 Å². The molecule has 2 heterocycles. The van der Waals surface area contributed by atoms with Crippen molar-refractivity contribution in [2.45, 2.75) is 31.2 Å². The summed E-state index contributed by atoms with van der Waals surface area (Å²) in [6, 6.07) is 9.85. The highest BCUT2D eigenvalue weighted by Crippen LogP contribution is 2.25. The van der Waals surface area contributed by atoms with Crippen LogP contribution in [0.3, 0.4) is 0 Å². The second kappa shape index (κ2) is 6.15. The van der Waals surface area contributed by atoms with Gasteiger partial charge in [0.25, 0.3) is 0 Å². The van der Waals surface area contributed by atoms with Crippen LogP contribution in [-0.4, -0.2) is 23.4 Å². The molecule has 5 heteroatoms. The molecule has 1 unspecified atom stereocenters. The standard InChI is InChI=1S/C15H19N3O2/c16-13(10-11-4-2-1-3-5-11)15-17-14(18-20-15)12-6-8-19-9-7-12/h1-5,12-13H,6-10,16H2. The molecule has 0 aliphatic carbocycles. The molecule has 1 atom stereocenters. The van der Waals surface area contributed by atoms with E-state index in [1.807, 2.05) is 18.2 Å². The van der Waals surface area contributed by atoms with Gasteiger partial charge in [-0.05, 0) is 24.8 Å². The number of aromatic nitrogens is 2. The maximum Gasteiger partial charge on any atom is 0.243 e. The maximum absolute atomic E-state index is 6.15. The van der Waals surface area contributed by atoms with Crippen molar-refractivity contribution in [2.75, 3.05) is 13.2 Å². The molecule has 1 saturated heterocycles. The number of ether oxygens (including phenoxy) is 1. The number of rotatable bonds is 4. The molecular formula is C15H19N3O2. The Labute approximate surface area is 118 Å². The number of nitrogens with two attached hydrogens (primary N) is 1. The van der Waals surface area contributed by atoms with E-state index in [2.05, 4.69) is 22.3 Å². The zero-order valence-electron chi connectivity index (χ0n) is 11.4. The smallest absolute Gasteiger partial charge is 0.243 e. The van der Waals surface area contributed by atoms with Crippen molar-refractivity contribution < 1.29 is 9.26 Å². The molecule has 1 aliphatic rings. The normalized spacial score (nSPS) is 18.1. The predicted octanol–water partition coefficient (Wildman–Crippen LogP) is 2.21. The van der Waals surface area contributed by atoms with Crippen LogP contribution in [-0.2, 0) is 11.2 Å². The molecule has 1 aromatic heterocycles. The summed E-state index contributed by atoms with van der Waals surface area (Å²) in [5, 5.41) is 4.08. The van der Waals surface area contributed by atoms with Crippen molar-refractivity contribution in [1.29, 1.82) is 0 Å².